The summed E-state index contributed by atoms with van der Waals surface area (Å²) in [6.07, 6.45) is 4.34. The van der Waals surface area contributed by atoms with Gasteiger partial charge in [0, 0.05) is 6.54 Å². The fourth-order valence-electron chi connectivity index (χ4n) is 2.57. The van der Waals surface area contributed by atoms with Crippen LogP contribution < -0.4 is 5.32 Å². The maximum atomic E-state index is 11.9. The number of morpholine rings is 1. The number of halogens is 1. The number of ether oxygens (including phenoxy) is 1. The molecule has 0 aromatic rings. The lowest BCUT2D eigenvalue weighted by atomic mass is 9.90. The maximum absolute atomic E-state index is 11.9. The molecular weight excluding hydrogens is 244 g/mol. The lowest BCUT2D eigenvalue weighted by molar-refractivity contribution is -0.118. The number of nitrogens with zero attached hydrogens (tertiary/aromatic N) is 1. The van der Waals surface area contributed by atoms with Gasteiger partial charge in [0.15, 0.2) is 0 Å². The fraction of sp³-hybridized carbons (Fsp3) is 0.818. The molecule has 1 saturated carbocycles. The van der Waals surface area contributed by atoms with E-state index >= 15 is 0 Å². The molecule has 2 unspecified atom stereocenters. The summed E-state index contributed by atoms with van der Waals surface area (Å²) in [7, 11) is 0. The Bertz CT molecular complexity index is 309. The number of carbonyl (C=O) groups is 2. The van der Waals surface area contributed by atoms with Crippen LogP contribution in [0.4, 0.5) is 4.79 Å². The highest BCUT2D eigenvalue weighted by atomic mass is 35.5. The Kier molecular flexibility index (Phi) is 4.23. The van der Waals surface area contributed by atoms with Crippen molar-refractivity contribution in [2.24, 2.45) is 0 Å². The highest BCUT2D eigenvalue weighted by Gasteiger charge is 2.36. The van der Waals surface area contributed by atoms with Crippen LogP contribution in [0.5, 0.6) is 0 Å². The number of imide groups is 1. The third-order valence-corrected chi connectivity index (χ3v) is 3.60. The summed E-state index contributed by atoms with van der Waals surface area (Å²) in [6, 6.07) is -0.225. The van der Waals surface area contributed by atoms with Crippen LogP contribution in [0.25, 0.3) is 0 Å². The zero-order valence-electron chi connectivity index (χ0n) is 9.65. The summed E-state index contributed by atoms with van der Waals surface area (Å²) in [4.78, 5) is 24.7. The van der Waals surface area contributed by atoms with E-state index in [0.717, 1.165) is 25.7 Å². The average molecular weight is 261 g/mol. The van der Waals surface area contributed by atoms with E-state index in [1.807, 2.05) is 0 Å². The van der Waals surface area contributed by atoms with Crippen molar-refractivity contribution in [2.75, 3.05) is 19.0 Å². The zero-order valence-corrected chi connectivity index (χ0v) is 10.4. The van der Waals surface area contributed by atoms with Crippen molar-refractivity contribution in [2.45, 2.75) is 37.8 Å². The van der Waals surface area contributed by atoms with Gasteiger partial charge in [0.1, 0.15) is 5.88 Å². The number of urea groups is 1. The lowest BCUT2D eigenvalue weighted by Crippen LogP contribution is -2.58. The number of carbonyl (C=O) groups excluding carboxylic acids is 2. The Labute approximate surface area is 105 Å². The maximum Gasteiger partial charge on any atom is 0.324 e. The molecule has 17 heavy (non-hydrogen) atoms. The highest BCUT2D eigenvalue weighted by molar-refractivity contribution is 6.28. The van der Waals surface area contributed by atoms with Gasteiger partial charge in [0.25, 0.3) is 0 Å². The largest absolute Gasteiger partial charge is 0.374 e. The monoisotopic (exact) mass is 260 g/mol. The Balaban J connectivity index is 1.98. The quantitative estimate of drug-likeness (QED) is 0.719. The molecule has 96 valence electrons. The molecule has 0 aromatic heterocycles. The topological polar surface area (TPSA) is 58.6 Å². The molecule has 1 saturated heterocycles. The second-order valence-electron chi connectivity index (χ2n) is 4.44. The summed E-state index contributed by atoms with van der Waals surface area (Å²) in [5.41, 5.74) is 0. The molecular formula is C11H17ClN2O3. The van der Waals surface area contributed by atoms with E-state index in [0.29, 0.717) is 13.2 Å². The molecule has 0 spiro atoms. The Morgan fingerprint density at radius 2 is 2.12 bits per heavy atom. The second-order valence-corrected chi connectivity index (χ2v) is 4.71. The van der Waals surface area contributed by atoms with Gasteiger partial charge in [-0.3, -0.25) is 10.1 Å². The van der Waals surface area contributed by atoms with Gasteiger partial charge in [-0.15, -0.1) is 11.6 Å². The van der Waals surface area contributed by atoms with Crippen LogP contribution in [-0.2, 0) is 9.53 Å². The third kappa shape index (κ3) is 2.90. The molecule has 6 heteroatoms. The van der Waals surface area contributed by atoms with Crippen LogP contribution in [0.2, 0.25) is 0 Å². The van der Waals surface area contributed by atoms with Gasteiger partial charge in [0.2, 0.25) is 5.91 Å². The van der Waals surface area contributed by atoms with Crippen molar-refractivity contribution >= 4 is 23.5 Å². The van der Waals surface area contributed by atoms with Crippen molar-refractivity contribution < 1.29 is 14.3 Å². The number of alkyl halides is 1. The Morgan fingerprint density at radius 1 is 1.35 bits per heavy atom. The first-order valence-corrected chi connectivity index (χ1v) is 6.54. The van der Waals surface area contributed by atoms with Crippen LogP contribution in [0, 0.1) is 0 Å². The predicted molar refractivity (Wildman–Crippen MR) is 63.0 cm³/mol. The van der Waals surface area contributed by atoms with E-state index < -0.39 is 5.91 Å². The van der Waals surface area contributed by atoms with Crippen LogP contribution in [0.1, 0.15) is 25.7 Å². The summed E-state index contributed by atoms with van der Waals surface area (Å²) < 4.78 is 5.66. The van der Waals surface area contributed by atoms with Crippen LogP contribution in [-0.4, -0.2) is 48.0 Å². The van der Waals surface area contributed by atoms with Gasteiger partial charge in [-0.05, 0) is 12.8 Å². The van der Waals surface area contributed by atoms with Gasteiger partial charge < -0.3 is 9.64 Å². The summed E-state index contributed by atoms with van der Waals surface area (Å²) in [5.74, 6) is -0.639. The standard InChI is InChI=1S/C11H17ClN2O3/c12-7-10(15)13-11(16)14-5-6-17-9-4-2-1-3-8(9)14/h8-9H,1-7H2,(H,13,15,16). The van der Waals surface area contributed by atoms with Gasteiger partial charge in [0.05, 0.1) is 18.8 Å². The van der Waals surface area contributed by atoms with Crippen molar-refractivity contribution in [3.63, 3.8) is 0 Å². The van der Waals surface area contributed by atoms with Crippen LogP contribution >= 0.6 is 11.6 Å². The number of fused-ring (bicyclic) bond motifs is 1. The summed E-state index contributed by atoms with van der Waals surface area (Å²) >= 11 is 5.36. The average Bonchev–Trinajstić information content (AvgIpc) is 2.37. The van der Waals surface area contributed by atoms with E-state index in [2.05, 4.69) is 5.32 Å². The minimum Gasteiger partial charge on any atom is -0.374 e. The SMILES string of the molecule is O=C(CCl)NC(=O)N1CCOC2CCCCC21. The molecule has 2 fully saturated rings. The first kappa shape index (κ1) is 12.6. The van der Waals surface area contributed by atoms with Crippen molar-refractivity contribution in [3.05, 3.63) is 0 Å². The smallest absolute Gasteiger partial charge is 0.324 e. The number of amides is 3. The highest BCUT2D eigenvalue weighted by Crippen LogP contribution is 2.28. The van der Waals surface area contributed by atoms with E-state index in [1.54, 1.807) is 4.90 Å². The van der Waals surface area contributed by atoms with E-state index in [9.17, 15) is 9.59 Å². The molecule has 0 radical (unpaired) electrons. The van der Waals surface area contributed by atoms with Crippen molar-refractivity contribution in [1.82, 2.24) is 10.2 Å². The minimum atomic E-state index is -0.449. The van der Waals surface area contributed by atoms with Gasteiger partial charge in [-0.1, -0.05) is 12.8 Å². The van der Waals surface area contributed by atoms with Crippen molar-refractivity contribution in [3.8, 4) is 0 Å². The number of nitrogens with one attached hydrogen (secondary N) is 1. The van der Waals surface area contributed by atoms with E-state index in [4.69, 9.17) is 16.3 Å². The summed E-state index contributed by atoms with van der Waals surface area (Å²) in [6.45, 7) is 1.09. The van der Waals surface area contributed by atoms with Crippen molar-refractivity contribution in [1.29, 1.82) is 0 Å². The van der Waals surface area contributed by atoms with Crippen LogP contribution in [0.15, 0.2) is 0 Å². The molecule has 2 rings (SSSR count). The fourth-order valence-corrected chi connectivity index (χ4v) is 2.64. The second kappa shape index (κ2) is 5.69. The molecule has 2 atom stereocenters. The molecule has 0 bridgehead atoms. The molecule has 3 amide bonds. The van der Waals surface area contributed by atoms with E-state index in [-0.39, 0.29) is 24.1 Å². The first-order valence-electron chi connectivity index (χ1n) is 6.00. The van der Waals surface area contributed by atoms with Gasteiger partial charge in [-0.25, -0.2) is 4.79 Å². The predicted octanol–water partition coefficient (Wildman–Crippen LogP) is 1.10. The molecule has 1 aliphatic carbocycles. The van der Waals surface area contributed by atoms with Gasteiger partial charge >= 0.3 is 6.03 Å². The normalized spacial score (nSPS) is 28.4. The molecule has 1 aliphatic heterocycles. The van der Waals surface area contributed by atoms with Gasteiger partial charge in [-0.2, -0.15) is 0 Å². The third-order valence-electron chi connectivity index (χ3n) is 3.36. The Hall–Kier alpha value is -0.810. The molecule has 0 aromatic carbocycles. The number of rotatable bonds is 1. The summed E-state index contributed by atoms with van der Waals surface area (Å²) in [5, 5.41) is 2.29. The number of hydrogen-bond donors (Lipinski definition) is 1. The van der Waals surface area contributed by atoms with Crippen LogP contribution in [0.3, 0.4) is 0 Å². The molecule has 5 nitrogen and oxygen atoms in total. The molecule has 1 heterocycles. The zero-order chi connectivity index (χ0) is 12.3. The lowest BCUT2D eigenvalue weighted by Gasteiger charge is -2.43. The first-order chi connectivity index (χ1) is 8.22. The molecule has 1 N–H and O–H groups in total. The number of hydrogen-bond acceptors (Lipinski definition) is 3. The Morgan fingerprint density at radius 3 is 2.88 bits per heavy atom. The minimum absolute atomic E-state index is 0.112. The molecule has 2 aliphatic rings. The van der Waals surface area contributed by atoms with E-state index in [1.165, 1.54) is 0 Å².